The number of rotatable bonds is 6. The van der Waals surface area contributed by atoms with E-state index in [1.54, 1.807) is 32.2 Å². The molecule has 0 fully saturated rings. The highest BCUT2D eigenvalue weighted by Crippen LogP contribution is 2.25. The number of carbonyl (C=O) groups is 2. The van der Waals surface area contributed by atoms with Crippen LogP contribution < -0.4 is 5.32 Å². The smallest absolute Gasteiger partial charge is 0.338 e. The summed E-state index contributed by atoms with van der Waals surface area (Å²) >= 11 is 0. The van der Waals surface area contributed by atoms with Crippen molar-refractivity contribution in [3.63, 3.8) is 0 Å². The number of nitrogens with one attached hydrogen (secondary N) is 1. The molecule has 0 aliphatic heterocycles. The molecular formula is C21H23NO4. The first-order valence-electron chi connectivity index (χ1n) is 8.78. The van der Waals surface area contributed by atoms with Crippen LogP contribution in [0.25, 0.3) is 0 Å². The second-order valence-electron chi connectivity index (χ2n) is 6.51. The van der Waals surface area contributed by atoms with E-state index in [-0.39, 0.29) is 5.91 Å². The third-order valence-electron chi connectivity index (χ3n) is 4.49. The number of benzene rings is 2. The number of fused-ring (bicyclic) bond motifs is 1. The standard InChI is InChI=1S/C21H23NO4/c1-14(26-21(24)18-8-3-5-15(11-18)13-25-2)20(23)22-19-10-9-16-6-4-7-17(16)12-19/h3,5,8-12,14H,4,6-7,13H2,1-2H3,(H,22,23)/t14-/m0/s1. The number of esters is 1. The molecule has 5 nitrogen and oxygen atoms in total. The van der Waals surface area contributed by atoms with Crippen molar-refractivity contribution < 1.29 is 19.1 Å². The van der Waals surface area contributed by atoms with Gasteiger partial charge in [-0.2, -0.15) is 0 Å². The van der Waals surface area contributed by atoms with Crippen molar-refractivity contribution in [3.05, 3.63) is 64.7 Å². The second kappa shape index (κ2) is 8.15. The lowest BCUT2D eigenvalue weighted by Gasteiger charge is -2.14. The van der Waals surface area contributed by atoms with Crippen molar-refractivity contribution in [1.29, 1.82) is 0 Å². The number of anilines is 1. The number of amides is 1. The molecule has 1 aliphatic rings. The first-order chi connectivity index (χ1) is 12.6. The fraction of sp³-hybridized carbons (Fsp3) is 0.333. The SMILES string of the molecule is COCc1cccc(C(=O)O[C@@H](C)C(=O)Nc2ccc3c(c2)CCC3)c1. The van der Waals surface area contributed by atoms with E-state index in [0.29, 0.717) is 12.2 Å². The Morgan fingerprint density at radius 3 is 2.73 bits per heavy atom. The van der Waals surface area contributed by atoms with E-state index >= 15 is 0 Å². The van der Waals surface area contributed by atoms with Gasteiger partial charge < -0.3 is 14.8 Å². The Kier molecular flexibility index (Phi) is 5.68. The van der Waals surface area contributed by atoms with Crippen molar-refractivity contribution >= 4 is 17.6 Å². The lowest BCUT2D eigenvalue weighted by molar-refractivity contribution is -0.123. The lowest BCUT2D eigenvalue weighted by atomic mass is 10.1. The maximum atomic E-state index is 12.3. The second-order valence-corrected chi connectivity index (χ2v) is 6.51. The Balaban J connectivity index is 1.60. The Labute approximate surface area is 153 Å². The molecule has 0 saturated carbocycles. The van der Waals surface area contributed by atoms with Crippen LogP contribution in [-0.2, 0) is 33.7 Å². The van der Waals surface area contributed by atoms with Crippen molar-refractivity contribution in [2.75, 3.05) is 12.4 Å². The number of carbonyl (C=O) groups excluding carboxylic acids is 2. The fourth-order valence-corrected chi connectivity index (χ4v) is 3.13. The van der Waals surface area contributed by atoms with Crippen LogP contribution in [0.4, 0.5) is 5.69 Å². The lowest BCUT2D eigenvalue weighted by Crippen LogP contribution is -2.30. The fourth-order valence-electron chi connectivity index (χ4n) is 3.13. The number of aryl methyl sites for hydroxylation is 2. The van der Waals surface area contributed by atoms with Crippen molar-refractivity contribution in [2.45, 2.75) is 38.9 Å². The Morgan fingerprint density at radius 1 is 1.12 bits per heavy atom. The molecule has 136 valence electrons. The van der Waals surface area contributed by atoms with Gasteiger partial charge in [0.25, 0.3) is 5.91 Å². The molecule has 1 atom stereocenters. The molecular weight excluding hydrogens is 330 g/mol. The van der Waals surface area contributed by atoms with E-state index in [2.05, 4.69) is 11.4 Å². The summed E-state index contributed by atoms with van der Waals surface area (Å²) in [6.07, 6.45) is 2.41. The maximum Gasteiger partial charge on any atom is 0.338 e. The molecule has 0 spiro atoms. The molecule has 26 heavy (non-hydrogen) atoms. The molecule has 1 aliphatic carbocycles. The molecule has 2 aromatic carbocycles. The summed E-state index contributed by atoms with van der Waals surface area (Å²) in [5.41, 5.74) is 4.63. The van der Waals surface area contributed by atoms with Gasteiger partial charge in [-0.15, -0.1) is 0 Å². The predicted octanol–water partition coefficient (Wildman–Crippen LogP) is 3.51. The third-order valence-corrected chi connectivity index (χ3v) is 4.49. The molecule has 1 amide bonds. The summed E-state index contributed by atoms with van der Waals surface area (Å²) in [7, 11) is 1.59. The minimum absolute atomic E-state index is 0.343. The topological polar surface area (TPSA) is 64.6 Å². The van der Waals surface area contributed by atoms with E-state index in [9.17, 15) is 9.59 Å². The van der Waals surface area contributed by atoms with Crippen LogP contribution in [0.2, 0.25) is 0 Å². The first-order valence-corrected chi connectivity index (χ1v) is 8.78. The first kappa shape index (κ1) is 18.1. The van der Waals surface area contributed by atoms with Gasteiger partial charge in [0.15, 0.2) is 6.10 Å². The van der Waals surface area contributed by atoms with Gasteiger partial charge in [0.1, 0.15) is 0 Å². The molecule has 0 heterocycles. The van der Waals surface area contributed by atoms with E-state index in [4.69, 9.17) is 9.47 Å². The monoisotopic (exact) mass is 353 g/mol. The van der Waals surface area contributed by atoms with Gasteiger partial charge in [-0.3, -0.25) is 4.79 Å². The molecule has 0 aromatic heterocycles. The van der Waals surface area contributed by atoms with Gasteiger partial charge >= 0.3 is 5.97 Å². The largest absolute Gasteiger partial charge is 0.449 e. The van der Waals surface area contributed by atoms with Gasteiger partial charge in [-0.25, -0.2) is 4.79 Å². The quantitative estimate of drug-likeness (QED) is 0.807. The van der Waals surface area contributed by atoms with E-state index < -0.39 is 12.1 Å². The van der Waals surface area contributed by atoms with Crippen LogP contribution in [0.1, 0.15) is 40.4 Å². The van der Waals surface area contributed by atoms with E-state index in [0.717, 1.165) is 30.5 Å². The average molecular weight is 353 g/mol. The number of methoxy groups -OCH3 is 1. The normalized spacial score (nSPS) is 13.8. The molecule has 0 radical (unpaired) electrons. The molecule has 3 rings (SSSR count). The molecule has 5 heteroatoms. The van der Waals surface area contributed by atoms with Crippen molar-refractivity contribution in [1.82, 2.24) is 0 Å². The highest BCUT2D eigenvalue weighted by molar-refractivity contribution is 5.97. The highest BCUT2D eigenvalue weighted by Gasteiger charge is 2.20. The molecule has 0 saturated heterocycles. The maximum absolute atomic E-state index is 12.3. The van der Waals surface area contributed by atoms with Crippen LogP contribution in [0.15, 0.2) is 42.5 Å². The van der Waals surface area contributed by atoms with Gasteiger partial charge in [0.2, 0.25) is 0 Å². The average Bonchev–Trinajstić information content (AvgIpc) is 3.10. The Hall–Kier alpha value is -2.66. The third kappa shape index (κ3) is 4.29. The van der Waals surface area contributed by atoms with Crippen LogP contribution in [0, 0.1) is 0 Å². The highest BCUT2D eigenvalue weighted by atomic mass is 16.5. The van der Waals surface area contributed by atoms with Gasteiger partial charge in [-0.1, -0.05) is 18.2 Å². The summed E-state index contributed by atoms with van der Waals surface area (Å²) in [6.45, 7) is 1.98. The van der Waals surface area contributed by atoms with Gasteiger partial charge in [-0.05, 0) is 67.1 Å². The zero-order valence-electron chi connectivity index (χ0n) is 15.1. The minimum Gasteiger partial charge on any atom is -0.449 e. The Bertz CT molecular complexity index is 815. The Morgan fingerprint density at radius 2 is 1.92 bits per heavy atom. The number of hydrogen-bond acceptors (Lipinski definition) is 4. The summed E-state index contributed by atoms with van der Waals surface area (Å²) in [6, 6.07) is 12.9. The van der Waals surface area contributed by atoms with Crippen LogP contribution >= 0.6 is 0 Å². The van der Waals surface area contributed by atoms with Crippen LogP contribution in [0.3, 0.4) is 0 Å². The molecule has 0 unspecified atom stereocenters. The van der Waals surface area contributed by atoms with Crippen molar-refractivity contribution in [3.8, 4) is 0 Å². The molecule has 1 N–H and O–H groups in total. The molecule has 0 bridgehead atoms. The summed E-state index contributed by atoms with van der Waals surface area (Å²) in [5, 5.41) is 2.82. The van der Waals surface area contributed by atoms with E-state index in [1.165, 1.54) is 11.1 Å². The molecule has 2 aromatic rings. The summed E-state index contributed by atoms with van der Waals surface area (Å²) < 4.78 is 10.4. The minimum atomic E-state index is -0.887. The van der Waals surface area contributed by atoms with Crippen LogP contribution in [0.5, 0.6) is 0 Å². The van der Waals surface area contributed by atoms with E-state index in [1.807, 2.05) is 18.2 Å². The van der Waals surface area contributed by atoms with Gasteiger partial charge in [0, 0.05) is 12.8 Å². The van der Waals surface area contributed by atoms with Crippen molar-refractivity contribution in [2.24, 2.45) is 0 Å². The summed E-state index contributed by atoms with van der Waals surface area (Å²) in [5.74, 6) is -0.871. The van der Waals surface area contributed by atoms with Crippen LogP contribution in [-0.4, -0.2) is 25.1 Å². The zero-order chi connectivity index (χ0) is 18.5. The summed E-state index contributed by atoms with van der Waals surface area (Å²) in [4.78, 5) is 24.6. The number of ether oxygens (including phenoxy) is 2. The number of hydrogen-bond donors (Lipinski definition) is 1. The predicted molar refractivity (Wildman–Crippen MR) is 99.1 cm³/mol. The zero-order valence-corrected chi connectivity index (χ0v) is 15.1. The van der Waals surface area contributed by atoms with Gasteiger partial charge in [0.05, 0.1) is 12.2 Å².